The number of fused-ring (bicyclic) bond motifs is 3. The number of aromatic hydroxyl groups is 1. The summed E-state index contributed by atoms with van der Waals surface area (Å²) in [6, 6.07) is 5.99. The third-order valence-corrected chi connectivity index (χ3v) is 6.38. The summed E-state index contributed by atoms with van der Waals surface area (Å²) < 4.78 is 0.701. The van der Waals surface area contributed by atoms with Gasteiger partial charge < -0.3 is 15.0 Å². The van der Waals surface area contributed by atoms with E-state index in [-0.39, 0.29) is 11.3 Å². The molecule has 0 amide bonds. The molecule has 2 aromatic heterocycles. The summed E-state index contributed by atoms with van der Waals surface area (Å²) in [4.78, 5) is 19.9. The Morgan fingerprint density at radius 2 is 2.22 bits per heavy atom. The number of likely N-dealkylation sites (tertiary alicyclic amines) is 1. The van der Waals surface area contributed by atoms with Gasteiger partial charge in [-0.3, -0.25) is 9.69 Å². The molecule has 1 aromatic carbocycles. The molecular formula is C21H25N3O2S. The van der Waals surface area contributed by atoms with Gasteiger partial charge in [0.05, 0.1) is 0 Å². The molecular weight excluding hydrogens is 358 g/mol. The van der Waals surface area contributed by atoms with Crippen LogP contribution in [-0.4, -0.2) is 59.7 Å². The van der Waals surface area contributed by atoms with Crippen molar-refractivity contribution in [2.24, 2.45) is 0 Å². The Hall–Kier alpha value is -2.15. The van der Waals surface area contributed by atoms with E-state index in [9.17, 15) is 9.90 Å². The summed E-state index contributed by atoms with van der Waals surface area (Å²) in [6.07, 6.45) is 6.58. The molecule has 0 aliphatic carbocycles. The number of pyridine rings is 1. The number of nitrogens with zero attached hydrogens (tertiary/aromatic N) is 2. The first-order valence-corrected chi connectivity index (χ1v) is 10.2. The molecule has 27 heavy (non-hydrogen) atoms. The van der Waals surface area contributed by atoms with Crippen molar-refractivity contribution in [1.82, 2.24) is 14.8 Å². The Morgan fingerprint density at radius 1 is 1.37 bits per heavy atom. The number of likely N-dealkylation sites (N-methyl/N-ethyl adjacent to an activating group) is 1. The van der Waals surface area contributed by atoms with Gasteiger partial charge in [0.1, 0.15) is 10.4 Å². The number of hydrogen-bond donors (Lipinski definition) is 2. The predicted molar refractivity (Wildman–Crippen MR) is 114 cm³/mol. The number of H-pyrrole nitrogens is 1. The lowest BCUT2D eigenvalue weighted by molar-refractivity contribution is 0.144. The van der Waals surface area contributed by atoms with E-state index in [1.807, 2.05) is 17.5 Å². The van der Waals surface area contributed by atoms with Crippen molar-refractivity contribution in [2.75, 3.05) is 33.7 Å². The summed E-state index contributed by atoms with van der Waals surface area (Å²) in [7, 11) is 4.29. The van der Waals surface area contributed by atoms with Gasteiger partial charge in [0.2, 0.25) is 0 Å². The minimum Gasteiger partial charge on any atom is -0.507 e. The lowest BCUT2D eigenvalue weighted by atomic mass is 10.0. The maximum Gasteiger partial charge on any atom is 0.266 e. The van der Waals surface area contributed by atoms with Crippen molar-refractivity contribution in [2.45, 2.75) is 18.9 Å². The number of phenols is 1. The molecule has 1 aliphatic rings. The maximum atomic E-state index is 12.2. The number of hydrogen-bond acceptors (Lipinski definition) is 5. The van der Waals surface area contributed by atoms with Crippen molar-refractivity contribution in [3.8, 4) is 5.75 Å². The van der Waals surface area contributed by atoms with Gasteiger partial charge in [0.25, 0.3) is 5.56 Å². The molecule has 142 valence electrons. The van der Waals surface area contributed by atoms with E-state index in [1.54, 1.807) is 12.1 Å². The second kappa shape index (κ2) is 7.46. The summed E-state index contributed by atoms with van der Waals surface area (Å²) >= 11 is 1.43. The molecule has 1 saturated heterocycles. The summed E-state index contributed by atoms with van der Waals surface area (Å²) in [6.45, 7) is 3.04. The Balaban J connectivity index is 1.65. The van der Waals surface area contributed by atoms with Gasteiger partial charge in [-0.25, -0.2) is 0 Å². The van der Waals surface area contributed by atoms with Gasteiger partial charge in [-0.05, 0) is 57.1 Å². The highest BCUT2D eigenvalue weighted by atomic mass is 32.1. The summed E-state index contributed by atoms with van der Waals surface area (Å²) in [5.74, 6) is 0.239. The number of phenolic OH excluding ortho intramolecular Hbond substituents is 1. The third-order valence-electron chi connectivity index (χ3n) is 5.47. The highest BCUT2D eigenvalue weighted by molar-refractivity contribution is 7.17. The van der Waals surface area contributed by atoms with E-state index < -0.39 is 0 Å². The quantitative estimate of drug-likeness (QED) is 0.724. The lowest BCUT2D eigenvalue weighted by Gasteiger charge is -2.35. The third kappa shape index (κ3) is 3.52. The topological polar surface area (TPSA) is 59.6 Å². The van der Waals surface area contributed by atoms with Crippen LogP contribution in [0.25, 0.3) is 27.1 Å². The van der Waals surface area contributed by atoms with Crippen LogP contribution < -0.4 is 5.56 Å². The van der Waals surface area contributed by atoms with E-state index >= 15 is 0 Å². The Labute approximate surface area is 162 Å². The average Bonchev–Trinajstić information content (AvgIpc) is 3.14. The fourth-order valence-electron chi connectivity index (χ4n) is 3.97. The monoisotopic (exact) mass is 383 g/mol. The van der Waals surface area contributed by atoms with Gasteiger partial charge in [-0.1, -0.05) is 12.2 Å². The number of piperidine rings is 1. The van der Waals surface area contributed by atoms with Crippen molar-refractivity contribution < 1.29 is 5.11 Å². The van der Waals surface area contributed by atoms with Crippen LogP contribution in [0.15, 0.2) is 34.4 Å². The summed E-state index contributed by atoms with van der Waals surface area (Å²) in [5, 5.41) is 14.2. The van der Waals surface area contributed by atoms with Crippen LogP contribution in [0.1, 0.15) is 18.4 Å². The van der Waals surface area contributed by atoms with E-state index in [1.165, 1.54) is 24.2 Å². The second-order valence-electron chi connectivity index (χ2n) is 7.46. The number of aromatic amines is 1. The van der Waals surface area contributed by atoms with E-state index in [0.717, 1.165) is 41.5 Å². The molecule has 2 N–H and O–H groups in total. The van der Waals surface area contributed by atoms with Crippen molar-refractivity contribution >= 4 is 38.4 Å². The minimum atomic E-state index is -0.0730. The highest BCUT2D eigenvalue weighted by Crippen LogP contribution is 2.33. The van der Waals surface area contributed by atoms with Crippen LogP contribution in [0.3, 0.4) is 0 Å². The average molecular weight is 384 g/mol. The van der Waals surface area contributed by atoms with Crippen LogP contribution in [0.2, 0.25) is 0 Å². The summed E-state index contributed by atoms with van der Waals surface area (Å²) in [5.41, 5.74) is 1.46. The highest BCUT2D eigenvalue weighted by Gasteiger charge is 2.20. The van der Waals surface area contributed by atoms with E-state index in [2.05, 4.69) is 35.0 Å². The van der Waals surface area contributed by atoms with Crippen LogP contribution in [0.5, 0.6) is 5.75 Å². The molecule has 0 spiro atoms. The van der Waals surface area contributed by atoms with Crippen LogP contribution in [0, 0.1) is 0 Å². The van der Waals surface area contributed by atoms with Crippen LogP contribution in [0.4, 0.5) is 0 Å². The largest absolute Gasteiger partial charge is 0.507 e. The first-order valence-electron chi connectivity index (χ1n) is 9.35. The van der Waals surface area contributed by atoms with Crippen LogP contribution >= 0.6 is 11.3 Å². The molecule has 1 fully saturated rings. The SMILES string of the molecule is CN(C)C1CCCN(C/C=C/c2c(O)ccc3[nH]c(=O)c4sccc4c23)C1. The van der Waals surface area contributed by atoms with Crippen LogP contribution in [-0.2, 0) is 0 Å². The maximum absolute atomic E-state index is 12.2. The molecule has 1 unspecified atom stereocenters. The first-order chi connectivity index (χ1) is 13.0. The van der Waals surface area contributed by atoms with Gasteiger partial charge in [-0.15, -0.1) is 11.3 Å². The zero-order valence-corrected chi connectivity index (χ0v) is 16.6. The minimum absolute atomic E-state index is 0.0730. The zero-order valence-electron chi connectivity index (χ0n) is 15.7. The lowest BCUT2D eigenvalue weighted by Crippen LogP contribution is -2.45. The molecule has 6 heteroatoms. The van der Waals surface area contributed by atoms with Gasteiger partial charge in [0, 0.05) is 41.0 Å². The molecule has 1 aliphatic heterocycles. The number of thiophene rings is 1. The van der Waals surface area contributed by atoms with Gasteiger partial charge >= 0.3 is 0 Å². The Kier molecular flexibility index (Phi) is 5.04. The normalized spacial score (nSPS) is 19.0. The van der Waals surface area contributed by atoms with Crippen molar-refractivity contribution in [3.05, 3.63) is 45.6 Å². The molecule has 4 rings (SSSR count). The zero-order chi connectivity index (χ0) is 19.0. The fraction of sp³-hybridized carbons (Fsp3) is 0.381. The fourth-order valence-corrected chi connectivity index (χ4v) is 4.77. The smallest absolute Gasteiger partial charge is 0.266 e. The first kappa shape index (κ1) is 18.2. The van der Waals surface area contributed by atoms with Crippen molar-refractivity contribution in [1.29, 1.82) is 0 Å². The number of nitrogens with one attached hydrogen (secondary N) is 1. The van der Waals surface area contributed by atoms with E-state index in [0.29, 0.717) is 10.7 Å². The second-order valence-corrected chi connectivity index (χ2v) is 8.38. The van der Waals surface area contributed by atoms with Crippen molar-refractivity contribution in [3.63, 3.8) is 0 Å². The molecule has 3 aromatic rings. The Bertz CT molecular complexity index is 1050. The molecule has 5 nitrogen and oxygen atoms in total. The molecule has 1 atom stereocenters. The number of benzene rings is 1. The predicted octanol–water partition coefficient (Wildman–Crippen LogP) is 3.49. The van der Waals surface area contributed by atoms with Gasteiger partial charge in [0.15, 0.2) is 0 Å². The number of rotatable bonds is 4. The Morgan fingerprint density at radius 3 is 3.04 bits per heavy atom. The van der Waals surface area contributed by atoms with E-state index in [4.69, 9.17) is 0 Å². The van der Waals surface area contributed by atoms with Gasteiger partial charge in [-0.2, -0.15) is 0 Å². The molecule has 3 heterocycles. The standard InChI is InChI=1S/C21H25N3O2S/c1-23(2)14-5-3-10-24(13-14)11-4-6-15-18(25)8-7-17-19(15)16-9-12-27-20(16)21(26)22-17/h4,6-9,12,14,25H,3,5,10-11,13H2,1-2H3,(H,22,26)/b6-4+. The molecule has 0 saturated carbocycles. The molecule has 0 bridgehead atoms. The number of aromatic nitrogens is 1. The molecule has 0 radical (unpaired) electrons.